The molecule has 1 aliphatic carbocycles. The number of hydrogen-bond donors (Lipinski definition) is 1. The number of piperidine rings is 1. The van der Waals surface area contributed by atoms with E-state index in [0.29, 0.717) is 17.8 Å². The maximum Gasteiger partial charge on any atom is 0.270 e. The molecule has 1 N–H and O–H groups in total. The Hall–Kier alpha value is -1.65. The van der Waals surface area contributed by atoms with Gasteiger partial charge in [0.1, 0.15) is 5.69 Å². The molecule has 132 valence electrons. The molecule has 1 aromatic rings. The van der Waals surface area contributed by atoms with Gasteiger partial charge >= 0.3 is 0 Å². The van der Waals surface area contributed by atoms with Crippen LogP contribution in [0.3, 0.4) is 0 Å². The topological polar surface area (TPSA) is 58.1 Å². The summed E-state index contributed by atoms with van der Waals surface area (Å²) in [6, 6.07) is 2.54. The summed E-state index contributed by atoms with van der Waals surface area (Å²) in [5, 5.41) is 3.18. The van der Waals surface area contributed by atoms with Gasteiger partial charge in [0.05, 0.1) is 0 Å². The van der Waals surface area contributed by atoms with Crippen LogP contribution in [0.25, 0.3) is 0 Å². The van der Waals surface area contributed by atoms with E-state index in [2.05, 4.69) is 27.1 Å². The Labute approximate surface area is 145 Å². The lowest BCUT2D eigenvalue weighted by Crippen LogP contribution is -2.41. The molecule has 24 heavy (non-hydrogen) atoms. The molecule has 1 saturated carbocycles. The minimum absolute atomic E-state index is 0.0457. The molecule has 1 aliphatic heterocycles. The summed E-state index contributed by atoms with van der Waals surface area (Å²) >= 11 is 0. The number of carbonyl (C=O) groups excluding carboxylic acids is 1. The molecule has 2 heterocycles. The number of rotatable bonds is 4. The van der Waals surface area contributed by atoms with Gasteiger partial charge in [-0.1, -0.05) is 32.6 Å². The third kappa shape index (κ3) is 4.25. The van der Waals surface area contributed by atoms with Crippen LogP contribution in [0.5, 0.6) is 0 Å². The zero-order chi connectivity index (χ0) is 16.8. The lowest BCUT2D eigenvalue weighted by atomic mass is 10.0. The molecule has 0 radical (unpaired) electrons. The Morgan fingerprint density at radius 2 is 1.92 bits per heavy atom. The third-order valence-corrected chi connectivity index (χ3v) is 5.42. The van der Waals surface area contributed by atoms with Crippen molar-refractivity contribution in [1.82, 2.24) is 15.3 Å². The molecule has 3 rings (SSSR count). The van der Waals surface area contributed by atoms with Gasteiger partial charge in [0.2, 0.25) is 5.95 Å². The number of hydrogen-bond acceptors (Lipinski definition) is 4. The van der Waals surface area contributed by atoms with Crippen LogP contribution in [-0.4, -0.2) is 34.5 Å². The minimum atomic E-state index is -0.0457. The molecule has 1 amide bonds. The Morgan fingerprint density at radius 3 is 2.67 bits per heavy atom. The Morgan fingerprint density at radius 1 is 1.17 bits per heavy atom. The quantitative estimate of drug-likeness (QED) is 0.855. The molecule has 0 aromatic carbocycles. The molecule has 0 bridgehead atoms. The van der Waals surface area contributed by atoms with E-state index in [0.717, 1.165) is 31.8 Å². The van der Waals surface area contributed by atoms with E-state index in [9.17, 15) is 4.79 Å². The van der Waals surface area contributed by atoms with Crippen molar-refractivity contribution in [3.8, 4) is 0 Å². The average molecular weight is 330 g/mol. The molecule has 5 heteroatoms. The van der Waals surface area contributed by atoms with Crippen LogP contribution >= 0.6 is 0 Å². The minimum Gasteiger partial charge on any atom is -0.348 e. The van der Waals surface area contributed by atoms with Gasteiger partial charge in [-0.05, 0) is 44.6 Å². The number of aromatic nitrogens is 2. The van der Waals surface area contributed by atoms with Gasteiger partial charge in [0.25, 0.3) is 5.91 Å². The van der Waals surface area contributed by atoms with Crippen molar-refractivity contribution in [2.75, 3.05) is 11.4 Å². The number of carbonyl (C=O) groups is 1. The van der Waals surface area contributed by atoms with E-state index in [4.69, 9.17) is 0 Å². The van der Waals surface area contributed by atoms with Crippen LogP contribution in [0, 0.1) is 0 Å². The van der Waals surface area contributed by atoms with Crippen molar-refractivity contribution in [2.45, 2.75) is 83.2 Å². The van der Waals surface area contributed by atoms with Crippen LogP contribution in [-0.2, 0) is 0 Å². The summed E-state index contributed by atoms with van der Waals surface area (Å²) in [6.07, 6.45) is 13.7. The maximum atomic E-state index is 12.6. The first kappa shape index (κ1) is 17.2. The van der Waals surface area contributed by atoms with Gasteiger partial charge in [-0.15, -0.1) is 0 Å². The lowest BCUT2D eigenvalue weighted by molar-refractivity contribution is 0.0928. The summed E-state index contributed by atoms with van der Waals surface area (Å²) in [5.74, 6) is 0.672. The van der Waals surface area contributed by atoms with E-state index < -0.39 is 0 Å². The van der Waals surface area contributed by atoms with E-state index >= 15 is 0 Å². The van der Waals surface area contributed by atoms with Crippen LogP contribution in [0.15, 0.2) is 12.3 Å². The molecule has 5 nitrogen and oxygen atoms in total. The first-order chi connectivity index (χ1) is 11.8. The molecule has 2 fully saturated rings. The van der Waals surface area contributed by atoms with Gasteiger partial charge < -0.3 is 10.2 Å². The zero-order valence-corrected chi connectivity index (χ0v) is 14.8. The second kappa shape index (κ2) is 8.45. The highest BCUT2D eigenvalue weighted by Gasteiger charge is 2.24. The van der Waals surface area contributed by atoms with E-state index in [1.807, 2.05) is 0 Å². The number of nitrogens with zero attached hydrogens (tertiary/aromatic N) is 3. The number of anilines is 1. The van der Waals surface area contributed by atoms with E-state index in [-0.39, 0.29) is 5.91 Å². The first-order valence-corrected chi connectivity index (χ1v) is 9.68. The monoisotopic (exact) mass is 330 g/mol. The standard InChI is InChI=1S/C19H30N4O/c1-2-16-11-7-8-14-23(16)19-20-13-12-17(22-19)18(24)21-15-9-5-3-4-6-10-15/h12-13,15-16H,2-11,14H2,1H3,(H,21,24). The van der Waals surface area contributed by atoms with Crippen molar-refractivity contribution in [2.24, 2.45) is 0 Å². The average Bonchev–Trinajstić information content (AvgIpc) is 2.90. The molecular weight excluding hydrogens is 300 g/mol. The lowest BCUT2D eigenvalue weighted by Gasteiger charge is -2.35. The van der Waals surface area contributed by atoms with E-state index in [1.165, 1.54) is 44.9 Å². The zero-order valence-electron chi connectivity index (χ0n) is 14.8. The second-order valence-corrected chi connectivity index (χ2v) is 7.16. The van der Waals surface area contributed by atoms with Crippen LogP contribution < -0.4 is 10.2 Å². The molecule has 1 atom stereocenters. The number of nitrogens with one attached hydrogen (secondary N) is 1. The van der Waals surface area contributed by atoms with Crippen LogP contribution in [0.4, 0.5) is 5.95 Å². The van der Waals surface area contributed by atoms with Crippen molar-refractivity contribution < 1.29 is 4.79 Å². The molecule has 1 aromatic heterocycles. The predicted octanol–water partition coefficient (Wildman–Crippen LogP) is 3.70. The highest BCUT2D eigenvalue weighted by atomic mass is 16.1. The highest BCUT2D eigenvalue weighted by Crippen LogP contribution is 2.24. The van der Waals surface area contributed by atoms with Crippen molar-refractivity contribution in [1.29, 1.82) is 0 Å². The molecular formula is C19H30N4O. The largest absolute Gasteiger partial charge is 0.348 e. The molecule has 1 saturated heterocycles. The third-order valence-electron chi connectivity index (χ3n) is 5.42. The Kier molecular flexibility index (Phi) is 6.05. The van der Waals surface area contributed by atoms with Gasteiger partial charge in [0, 0.05) is 24.8 Å². The number of amides is 1. The summed E-state index contributed by atoms with van der Waals surface area (Å²) in [6.45, 7) is 3.21. The first-order valence-electron chi connectivity index (χ1n) is 9.68. The summed E-state index contributed by atoms with van der Waals surface area (Å²) in [4.78, 5) is 23.9. The normalized spacial score (nSPS) is 22.9. The Balaban J connectivity index is 1.68. The van der Waals surface area contributed by atoms with Crippen LogP contribution in [0.1, 0.15) is 81.6 Å². The van der Waals surface area contributed by atoms with Crippen molar-refractivity contribution >= 4 is 11.9 Å². The second-order valence-electron chi connectivity index (χ2n) is 7.16. The molecule has 0 spiro atoms. The van der Waals surface area contributed by atoms with Gasteiger partial charge in [-0.3, -0.25) is 4.79 Å². The summed E-state index contributed by atoms with van der Waals surface area (Å²) in [5.41, 5.74) is 0.504. The van der Waals surface area contributed by atoms with E-state index in [1.54, 1.807) is 12.3 Å². The van der Waals surface area contributed by atoms with Gasteiger partial charge in [-0.2, -0.15) is 0 Å². The predicted molar refractivity (Wildman–Crippen MR) is 96.3 cm³/mol. The molecule has 2 aliphatic rings. The summed E-state index contributed by atoms with van der Waals surface area (Å²) in [7, 11) is 0. The molecule has 1 unspecified atom stereocenters. The van der Waals surface area contributed by atoms with Crippen LogP contribution in [0.2, 0.25) is 0 Å². The Bertz CT molecular complexity index is 540. The fraction of sp³-hybridized carbons (Fsp3) is 0.737. The maximum absolute atomic E-state index is 12.6. The fourth-order valence-electron chi connectivity index (χ4n) is 3.98. The van der Waals surface area contributed by atoms with Crippen molar-refractivity contribution in [3.63, 3.8) is 0 Å². The smallest absolute Gasteiger partial charge is 0.270 e. The fourth-order valence-corrected chi connectivity index (χ4v) is 3.98. The summed E-state index contributed by atoms with van der Waals surface area (Å²) < 4.78 is 0. The van der Waals surface area contributed by atoms with Crippen molar-refractivity contribution in [3.05, 3.63) is 18.0 Å². The van der Waals surface area contributed by atoms with Gasteiger partial charge in [-0.25, -0.2) is 9.97 Å². The SMILES string of the molecule is CCC1CCCCN1c1nccc(C(=O)NC2CCCCCC2)n1. The highest BCUT2D eigenvalue weighted by molar-refractivity contribution is 5.92. The van der Waals surface area contributed by atoms with Gasteiger partial charge in [0.15, 0.2) is 0 Å².